The van der Waals surface area contributed by atoms with Crippen LogP contribution in [0.25, 0.3) is 0 Å². The zero-order chi connectivity index (χ0) is 12.8. The van der Waals surface area contributed by atoms with Gasteiger partial charge in [0.05, 0.1) is 13.2 Å². The highest BCUT2D eigenvalue weighted by atomic mass is 16.5. The van der Waals surface area contributed by atoms with Gasteiger partial charge in [-0.3, -0.25) is 4.79 Å². The zero-order valence-electron chi connectivity index (χ0n) is 10.6. The van der Waals surface area contributed by atoms with Crippen LogP contribution >= 0.6 is 0 Å². The summed E-state index contributed by atoms with van der Waals surface area (Å²) >= 11 is 0. The fraction of sp³-hybridized carbons (Fsp3) is 0.818. The lowest BCUT2D eigenvalue weighted by atomic mass is 10.3. The van der Waals surface area contributed by atoms with Crippen LogP contribution in [0.4, 0.5) is 4.79 Å². The molecular formula is C11H20N2O4. The van der Waals surface area contributed by atoms with Crippen molar-refractivity contribution in [3.8, 4) is 0 Å². The monoisotopic (exact) mass is 244 g/mol. The van der Waals surface area contributed by atoms with Crippen molar-refractivity contribution in [3.05, 3.63) is 0 Å². The average molecular weight is 244 g/mol. The van der Waals surface area contributed by atoms with Crippen molar-refractivity contribution in [2.45, 2.75) is 20.0 Å². The van der Waals surface area contributed by atoms with Crippen LogP contribution in [-0.4, -0.2) is 67.8 Å². The summed E-state index contributed by atoms with van der Waals surface area (Å²) in [4.78, 5) is 26.2. The lowest BCUT2D eigenvalue weighted by Crippen LogP contribution is -2.51. The summed E-state index contributed by atoms with van der Waals surface area (Å²) in [6.07, 6.45) is -0.286. The van der Waals surface area contributed by atoms with Gasteiger partial charge in [-0.2, -0.15) is 0 Å². The van der Waals surface area contributed by atoms with Crippen molar-refractivity contribution in [3.63, 3.8) is 0 Å². The molecule has 1 heterocycles. The number of hydrogen-bond donors (Lipinski definition) is 0. The molecule has 0 atom stereocenters. The number of carbonyl (C=O) groups is 2. The molecule has 1 aliphatic rings. The number of carbonyl (C=O) groups excluding carboxylic acids is 2. The Bertz CT molecular complexity index is 273. The standard InChI is InChI=1S/C11H20N2O4/c1-9(2)17-8-10(14)12-4-6-13(7-5-12)11(15)16-3/h9H,4-8H2,1-3H3. The predicted molar refractivity (Wildman–Crippen MR) is 61.6 cm³/mol. The Morgan fingerprint density at radius 1 is 1.12 bits per heavy atom. The molecule has 98 valence electrons. The van der Waals surface area contributed by atoms with Gasteiger partial charge in [-0.1, -0.05) is 0 Å². The van der Waals surface area contributed by atoms with E-state index < -0.39 is 0 Å². The Balaban J connectivity index is 2.31. The largest absolute Gasteiger partial charge is 0.453 e. The van der Waals surface area contributed by atoms with E-state index in [1.807, 2.05) is 13.8 Å². The molecule has 6 heteroatoms. The minimum absolute atomic E-state index is 0.0248. The first kappa shape index (κ1) is 13.8. The Hall–Kier alpha value is -1.30. The molecule has 1 fully saturated rings. The Morgan fingerprint density at radius 2 is 1.65 bits per heavy atom. The Kier molecular flexibility index (Phi) is 5.21. The minimum atomic E-state index is -0.337. The quantitative estimate of drug-likeness (QED) is 0.717. The number of nitrogens with zero attached hydrogens (tertiary/aromatic N) is 2. The van der Waals surface area contributed by atoms with Gasteiger partial charge in [0.25, 0.3) is 0 Å². The lowest BCUT2D eigenvalue weighted by Gasteiger charge is -2.33. The van der Waals surface area contributed by atoms with E-state index >= 15 is 0 Å². The van der Waals surface area contributed by atoms with E-state index in [0.717, 1.165) is 0 Å². The molecule has 0 unspecified atom stereocenters. The van der Waals surface area contributed by atoms with E-state index in [9.17, 15) is 9.59 Å². The van der Waals surface area contributed by atoms with Crippen molar-refractivity contribution in [1.82, 2.24) is 9.80 Å². The van der Waals surface area contributed by atoms with Crippen molar-refractivity contribution >= 4 is 12.0 Å². The van der Waals surface area contributed by atoms with Crippen LogP contribution in [0.15, 0.2) is 0 Å². The predicted octanol–water partition coefficient (Wildman–Crippen LogP) is 0.322. The van der Waals surface area contributed by atoms with E-state index in [0.29, 0.717) is 26.2 Å². The fourth-order valence-electron chi connectivity index (χ4n) is 1.60. The molecule has 2 amide bonds. The van der Waals surface area contributed by atoms with Gasteiger partial charge in [-0.25, -0.2) is 4.79 Å². The molecule has 0 N–H and O–H groups in total. The summed E-state index contributed by atoms with van der Waals surface area (Å²) in [7, 11) is 1.36. The Labute approximate surface area is 101 Å². The SMILES string of the molecule is COC(=O)N1CCN(C(=O)COC(C)C)CC1. The van der Waals surface area contributed by atoms with Gasteiger partial charge in [0.2, 0.25) is 5.91 Å². The second-order valence-electron chi connectivity index (χ2n) is 4.20. The number of amides is 2. The van der Waals surface area contributed by atoms with Crippen molar-refractivity contribution in [1.29, 1.82) is 0 Å². The van der Waals surface area contributed by atoms with E-state index in [4.69, 9.17) is 4.74 Å². The van der Waals surface area contributed by atoms with Crippen LogP contribution in [0.2, 0.25) is 0 Å². The van der Waals surface area contributed by atoms with E-state index in [1.54, 1.807) is 9.80 Å². The number of piperazine rings is 1. The summed E-state index contributed by atoms with van der Waals surface area (Å²) < 4.78 is 9.88. The van der Waals surface area contributed by atoms with Gasteiger partial charge in [-0.05, 0) is 13.8 Å². The summed E-state index contributed by atoms with van der Waals surface area (Å²) in [6.45, 7) is 5.99. The molecule has 0 bridgehead atoms. The van der Waals surface area contributed by atoms with Gasteiger partial charge in [0.1, 0.15) is 6.61 Å². The average Bonchev–Trinajstić information content (AvgIpc) is 2.35. The van der Waals surface area contributed by atoms with E-state index in [-0.39, 0.29) is 24.7 Å². The second kappa shape index (κ2) is 6.44. The molecule has 1 rings (SSSR count). The second-order valence-corrected chi connectivity index (χ2v) is 4.20. The van der Waals surface area contributed by atoms with E-state index in [1.165, 1.54) is 7.11 Å². The smallest absolute Gasteiger partial charge is 0.409 e. The highest BCUT2D eigenvalue weighted by molar-refractivity contribution is 5.78. The van der Waals surface area contributed by atoms with Crippen LogP contribution in [0.1, 0.15) is 13.8 Å². The summed E-state index contributed by atoms with van der Waals surface area (Å²) in [5, 5.41) is 0. The molecule has 0 aromatic heterocycles. The number of ether oxygens (including phenoxy) is 2. The zero-order valence-corrected chi connectivity index (χ0v) is 10.6. The lowest BCUT2D eigenvalue weighted by molar-refractivity contribution is -0.139. The van der Waals surface area contributed by atoms with Gasteiger partial charge in [0, 0.05) is 26.2 Å². The minimum Gasteiger partial charge on any atom is -0.453 e. The van der Waals surface area contributed by atoms with Crippen LogP contribution in [-0.2, 0) is 14.3 Å². The summed E-state index contributed by atoms with van der Waals surface area (Å²) in [6, 6.07) is 0. The molecule has 0 aromatic rings. The van der Waals surface area contributed by atoms with Gasteiger partial charge in [-0.15, -0.1) is 0 Å². The maximum Gasteiger partial charge on any atom is 0.409 e. The molecule has 1 saturated heterocycles. The third-order valence-corrected chi connectivity index (χ3v) is 2.61. The van der Waals surface area contributed by atoms with Gasteiger partial charge in [0.15, 0.2) is 0 Å². The first-order valence-electron chi connectivity index (χ1n) is 5.77. The van der Waals surface area contributed by atoms with Gasteiger partial charge >= 0.3 is 6.09 Å². The first-order chi connectivity index (χ1) is 8.04. The van der Waals surface area contributed by atoms with Crippen molar-refractivity contribution < 1.29 is 19.1 Å². The molecule has 0 aliphatic carbocycles. The maximum atomic E-state index is 11.7. The number of methoxy groups -OCH3 is 1. The fourth-order valence-corrected chi connectivity index (χ4v) is 1.60. The highest BCUT2D eigenvalue weighted by Crippen LogP contribution is 2.04. The molecule has 1 aliphatic heterocycles. The molecule has 6 nitrogen and oxygen atoms in total. The third-order valence-electron chi connectivity index (χ3n) is 2.61. The Morgan fingerprint density at radius 3 is 2.12 bits per heavy atom. The molecule has 0 radical (unpaired) electrons. The van der Waals surface area contributed by atoms with Crippen molar-refractivity contribution in [2.24, 2.45) is 0 Å². The van der Waals surface area contributed by atoms with Crippen molar-refractivity contribution in [2.75, 3.05) is 39.9 Å². The molecule has 0 aromatic carbocycles. The summed E-state index contributed by atoms with van der Waals surface area (Å²) in [5.74, 6) is -0.0248. The van der Waals surface area contributed by atoms with Crippen LogP contribution in [0, 0.1) is 0 Å². The van der Waals surface area contributed by atoms with Crippen LogP contribution < -0.4 is 0 Å². The van der Waals surface area contributed by atoms with E-state index in [2.05, 4.69) is 4.74 Å². The molecular weight excluding hydrogens is 224 g/mol. The molecule has 17 heavy (non-hydrogen) atoms. The topological polar surface area (TPSA) is 59.1 Å². The third kappa shape index (κ3) is 4.22. The molecule has 0 spiro atoms. The van der Waals surface area contributed by atoms with Gasteiger partial charge < -0.3 is 19.3 Å². The highest BCUT2D eigenvalue weighted by Gasteiger charge is 2.24. The number of hydrogen-bond acceptors (Lipinski definition) is 4. The maximum absolute atomic E-state index is 11.7. The normalized spacial score (nSPS) is 16.2. The number of rotatable bonds is 3. The summed E-state index contributed by atoms with van der Waals surface area (Å²) in [5.41, 5.74) is 0. The first-order valence-corrected chi connectivity index (χ1v) is 5.77. The van der Waals surface area contributed by atoms with Crippen LogP contribution in [0.5, 0.6) is 0 Å². The van der Waals surface area contributed by atoms with Crippen LogP contribution in [0.3, 0.4) is 0 Å². The molecule has 0 saturated carbocycles.